The normalized spacial score (nSPS) is 15.8. The van der Waals surface area contributed by atoms with E-state index in [4.69, 9.17) is 10.5 Å². The summed E-state index contributed by atoms with van der Waals surface area (Å²) in [5.74, 6) is 0.582. The maximum absolute atomic E-state index is 11.6. The van der Waals surface area contributed by atoms with E-state index in [1.54, 1.807) is 0 Å². The van der Waals surface area contributed by atoms with Gasteiger partial charge < -0.3 is 15.8 Å². The molecule has 0 heterocycles. The summed E-state index contributed by atoms with van der Waals surface area (Å²) in [5.41, 5.74) is 5.16. The fraction of sp³-hybridized carbons (Fsp3) is 0.917. The van der Waals surface area contributed by atoms with Gasteiger partial charge in [0.2, 0.25) is 0 Å². The van der Waals surface area contributed by atoms with Gasteiger partial charge in [-0.25, -0.2) is 4.79 Å². The average Bonchev–Trinajstić information content (AvgIpc) is 2.09. The van der Waals surface area contributed by atoms with E-state index >= 15 is 0 Å². The summed E-state index contributed by atoms with van der Waals surface area (Å²) < 4.78 is 5.22. The van der Waals surface area contributed by atoms with Crippen LogP contribution in [0.15, 0.2) is 0 Å². The molecule has 0 aromatic heterocycles. The van der Waals surface area contributed by atoms with Crippen LogP contribution in [0.25, 0.3) is 0 Å². The van der Waals surface area contributed by atoms with E-state index in [1.807, 2.05) is 27.7 Å². The van der Waals surface area contributed by atoms with Crippen LogP contribution in [0.5, 0.6) is 0 Å². The number of nitrogens with two attached hydrogens (primary N) is 1. The van der Waals surface area contributed by atoms with Crippen molar-refractivity contribution in [3.8, 4) is 0 Å². The molecule has 2 unspecified atom stereocenters. The molecule has 0 aromatic carbocycles. The Bertz CT molecular complexity index is 222. The number of ether oxygens (including phenoxy) is 1. The zero-order valence-corrected chi connectivity index (χ0v) is 11.3. The number of alkyl carbamates (subject to hydrolysis) is 1. The second-order valence-electron chi connectivity index (χ2n) is 5.63. The van der Waals surface area contributed by atoms with Gasteiger partial charge in [0.05, 0.1) is 0 Å². The van der Waals surface area contributed by atoms with Gasteiger partial charge in [0, 0.05) is 6.04 Å². The second kappa shape index (κ2) is 6.09. The van der Waals surface area contributed by atoms with Crippen molar-refractivity contribution in [2.24, 2.45) is 17.6 Å². The molecule has 0 aliphatic rings. The SMILES string of the molecule is CC(C)C(NC(=O)OC(C)(C)C)C(C)CN. The molecule has 3 N–H and O–H groups in total. The quantitative estimate of drug-likeness (QED) is 0.777. The Hall–Kier alpha value is -0.770. The number of nitrogens with one attached hydrogen (secondary N) is 1. The first-order chi connectivity index (χ1) is 7.17. The van der Waals surface area contributed by atoms with Crippen LogP contribution in [0.4, 0.5) is 4.79 Å². The van der Waals surface area contributed by atoms with Crippen LogP contribution < -0.4 is 11.1 Å². The van der Waals surface area contributed by atoms with E-state index in [-0.39, 0.29) is 18.1 Å². The van der Waals surface area contributed by atoms with Gasteiger partial charge >= 0.3 is 6.09 Å². The smallest absolute Gasteiger partial charge is 0.407 e. The molecule has 2 atom stereocenters. The number of hydrogen-bond acceptors (Lipinski definition) is 3. The third-order valence-corrected chi connectivity index (χ3v) is 2.39. The highest BCUT2D eigenvalue weighted by atomic mass is 16.6. The van der Waals surface area contributed by atoms with Gasteiger partial charge in [-0.1, -0.05) is 20.8 Å². The van der Waals surface area contributed by atoms with Crippen molar-refractivity contribution >= 4 is 6.09 Å². The van der Waals surface area contributed by atoms with Crippen LogP contribution >= 0.6 is 0 Å². The molecular weight excluding hydrogens is 204 g/mol. The van der Waals surface area contributed by atoms with E-state index in [0.717, 1.165) is 0 Å². The number of hydrogen-bond donors (Lipinski definition) is 2. The summed E-state index contributed by atoms with van der Waals surface area (Å²) in [6, 6.07) is 0.0554. The summed E-state index contributed by atoms with van der Waals surface area (Å²) in [6.07, 6.45) is -0.369. The number of rotatable bonds is 4. The van der Waals surface area contributed by atoms with Crippen molar-refractivity contribution in [1.82, 2.24) is 5.32 Å². The standard InChI is InChI=1S/C12H26N2O2/c1-8(2)10(9(3)7-13)14-11(15)16-12(4,5)6/h8-10H,7,13H2,1-6H3,(H,14,15). The van der Waals surface area contributed by atoms with Crippen LogP contribution in [-0.2, 0) is 4.74 Å². The molecule has 96 valence electrons. The van der Waals surface area contributed by atoms with Crippen molar-refractivity contribution in [2.45, 2.75) is 53.2 Å². The zero-order chi connectivity index (χ0) is 12.9. The molecular formula is C12H26N2O2. The molecule has 0 saturated heterocycles. The molecule has 0 aliphatic carbocycles. The molecule has 0 fully saturated rings. The highest BCUT2D eigenvalue weighted by molar-refractivity contribution is 5.68. The third-order valence-electron chi connectivity index (χ3n) is 2.39. The summed E-state index contributed by atoms with van der Waals surface area (Å²) in [6.45, 7) is 12.3. The van der Waals surface area contributed by atoms with Crippen LogP contribution in [-0.4, -0.2) is 24.3 Å². The van der Waals surface area contributed by atoms with E-state index < -0.39 is 5.60 Å². The monoisotopic (exact) mass is 230 g/mol. The van der Waals surface area contributed by atoms with Crippen molar-refractivity contribution < 1.29 is 9.53 Å². The predicted molar refractivity (Wildman–Crippen MR) is 66.2 cm³/mol. The molecule has 0 rings (SSSR count). The molecule has 4 heteroatoms. The number of carbonyl (C=O) groups excluding carboxylic acids is 1. The largest absolute Gasteiger partial charge is 0.444 e. The fourth-order valence-electron chi connectivity index (χ4n) is 1.56. The van der Waals surface area contributed by atoms with Gasteiger partial charge in [-0.15, -0.1) is 0 Å². The van der Waals surface area contributed by atoms with Gasteiger partial charge in [0.15, 0.2) is 0 Å². The van der Waals surface area contributed by atoms with Gasteiger partial charge in [-0.2, -0.15) is 0 Å². The Morgan fingerprint density at radius 1 is 1.31 bits per heavy atom. The summed E-state index contributed by atoms with van der Waals surface area (Å²) in [5, 5.41) is 2.88. The lowest BCUT2D eigenvalue weighted by Gasteiger charge is -2.29. The second-order valence-corrected chi connectivity index (χ2v) is 5.63. The minimum atomic E-state index is -0.461. The minimum Gasteiger partial charge on any atom is -0.444 e. The Labute approximate surface area is 98.9 Å². The van der Waals surface area contributed by atoms with E-state index in [2.05, 4.69) is 19.2 Å². The maximum Gasteiger partial charge on any atom is 0.407 e. The maximum atomic E-state index is 11.6. The Morgan fingerprint density at radius 3 is 2.12 bits per heavy atom. The predicted octanol–water partition coefficient (Wildman–Crippen LogP) is 2.13. The van der Waals surface area contributed by atoms with Gasteiger partial charge in [0.1, 0.15) is 5.60 Å². The van der Waals surface area contributed by atoms with Gasteiger partial charge in [-0.05, 0) is 39.2 Å². The first-order valence-corrected chi connectivity index (χ1v) is 5.87. The lowest BCUT2D eigenvalue weighted by atomic mass is 9.92. The topological polar surface area (TPSA) is 64.3 Å². The Balaban J connectivity index is 4.36. The average molecular weight is 230 g/mol. The van der Waals surface area contributed by atoms with Crippen LogP contribution in [0, 0.1) is 11.8 Å². The molecule has 0 spiro atoms. The highest BCUT2D eigenvalue weighted by Crippen LogP contribution is 2.13. The van der Waals surface area contributed by atoms with Gasteiger partial charge in [-0.3, -0.25) is 0 Å². The fourth-order valence-corrected chi connectivity index (χ4v) is 1.56. The third kappa shape index (κ3) is 5.95. The molecule has 1 amide bonds. The van der Waals surface area contributed by atoms with E-state index in [1.165, 1.54) is 0 Å². The van der Waals surface area contributed by atoms with Crippen molar-refractivity contribution in [2.75, 3.05) is 6.54 Å². The summed E-state index contributed by atoms with van der Waals surface area (Å²) >= 11 is 0. The van der Waals surface area contributed by atoms with Crippen molar-refractivity contribution in [1.29, 1.82) is 0 Å². The first kappa shape index (κ1) is 15.2. The minimum absolute atomic E-state index is 0.0554. The molecule has 0 bridgehead atoms. The molecule has 0 aliphatic heterocycles. The van der Waals surface area contributed by atoms with Crippen LogP contribution in [0.2, 0.25) is 0 Å². The number of carbonyl (C=O) groups is 1. The Morgan fingerprint density at radius 2 is 1.81 bits per heavy atom. The molecule has 0 aromatic rings. The van der Waals surface area contributed by atoms with E-state index in [0.29, 0.717) is 12.5 Å². The van der Waals surface area contributed by atoms with Crippen molar-refractivity contribution in [3.05, 3.63) is 0 Å². The molecule has 0 saturated carbocycles. The molecule has 16 heavy (non-hydrogen) atoms. The van der Waals surface area contributed by atoms with Crippen LogP contribution in [0.3, 0.4) is 0 Å². The number of amides is 1. The lowest BCUT2D eigenvalue weighted by molar-refractivity contribution is 0.0470. The lowest BCUT2D eigenvalue weighted by Crippen LogP contribution is -2.47. The first-order valence-electron chi connectivity index (χ1n) is 5.87. The molecule has 4 nitrogen and oxygen atoms in total. The van der Waals surface area contributed by atoms with Crippen molar-refractivity contribution in [3.63, 3.8) is 0 Å². The summed E-state index contributed by atoms with van der Waals surface area (Å²) in [4.78, 5) is 11.6. The van der Waals surface area contributed by atoms with E-state index in [9.17, 15) is 4.79 Å². The molecule has 0 radical (unpaired) electrons. The summed E-state index contributed by atoms with van der Waals surface area (Å²) in [7, 11) is 0. The Kier molecular flexibility index (Phi) is 5.79. The van der Waals surface area contributed by atoms with Gasteiger partial charge in [0.25, 0.3) is 0 Å². The highest BCUT2D eigenvalue weighted by Gasteiger charge is 2.24. The van der Waals surface area contributed by atoms with Crippen LogP contribution in [0.1, 0.15) is 41.5 Å². The zero-order valence-electron chi connectivity index (χ0n) is 11.3.